The molecule has 1 aliphatic heterocycles. The van der Waals surface area contributed by atoms with E-state index in [-0.39, 0.29) is 0 Å². The van der Waals surface area contributed by atoms with Gasteiger partial charge in [-0.15, -0.1) is 0 Å². The number of rotatable bonds is 3. The largest absolute Gasteiger partial charge is 0.480 e. The molecule has 3 heterocycles. The van der Waals surface area contributed by atoms with Crippen LogP contribution >= 0.6 is 0 Å². The van der Waals surface area contributed by atoms with Gasteiger partial charge in [-0.3, -0.25) is 9.69 Å². The van der Waals surface area contributed by atoms with Crippen LogP contribution in [0.1, 0.15) is 31.0 Å². The Labute approximate surface area is 117 Å². The molecule has 5 heteroatoms. The SMILES string of the molecule is Cc1cccn2cc(CN3CCCC3(C)C(=O)O)nc12. The summed E-state index contributed by atoms with van der Waals surface area (Å²) in [5.74, 6) is -0.741. The van der Waals surface area contributed by atoms with Gasteiger partial charge in [0.15, 0.2) is 0 Å². The van der Waals surface area contributed by atoms with Crippen LogP contribution in [0.15, 0.2) is 24.5 Å². The first-order chi connectivity index (χ1) is 9.50. The molecule has 0 bridgehead atoms. The average Bonchev–Trinajstić information content (AvgIpc) is 2.96. The number of aromatic nitrogens is 2. The Hall–Kier alpha value is -1.88. The van der Waals surface area contributed by atoms with Gasteiger partial charge in [0.05, 0.1) is 5.69 Å². The summed E-state index contributed by atoms with van der Waals surface area (Å²) in [6.45, 7) is 5.24. The zero-order chi connectivity index (χ0) is 14.3. The maximum absolute atomic E-state index is 11.5. The van der Waals surface area contributed by atoms with Crippen LogP contribution in [0.25, 0.3) is 5.65 Å². The highest BCUT2D eigenvalue weighted by Gasteiger charge is 2.43. The quantitative estimate of drug-likeness (QED) is 0.930. The molecular weight excluding hydrogens is 254 g/mol. The Morgan fingerprint density at radius 1 is 1.55 bits per heavy atom. The second kappa shape index (κ2) is 4.59. The average molecular weight is 273 g/mol. The van der Waals surface area contributed by atoms with E-state index in [2.05, 4.69) is 4.98 Å². The molecule has 20 heavy (non-hydrogen) atoms. The lowest BCUT2D eigenvalue weighted by Gasteiger charge is -2.30. The van der Waals surface area contributed by atoms with Gasteiger partial charge in [0.2, 0.25) is 0 Å². The predicted octanol–water partition coefficient (Wildman–Crippen LogP) is 2.08. The standard InChI is InChI=1S/C15H19N3O2/c1-11-5-3-7-17-9-12(16-13(11)17)10-18-8-4-6-15(18,2)14(19)20/h3,5,7,9H,4,6,8,10H2,1-2H3,(H,19,20). The molecule has 3 rings (SSSR count). The number of fused-ring (bicyclic) bond motifs is 1. The summed E-state index contributed by atoms with van der Waals surface area (Å²) in [5.41, 5.74) is 2.23. The van der Waals surface area contributed by atoms with Crippen molar-refractivity contribution in [3.05, 3.63) is 35.8 Å². The van der Waals surface area contributed by atoms with Gasteiger partial charge in [0, 0.05) is 18.9 Å². The van der Waals surface area contributed by atoms with Crippen LogP contribution in [0.3, 0.4) is 0 Å². The van der Waals surface area contributed by atoms with Crippen molar-refractivity contribution in [2.45, 2.75) is 38.8 Å². The molecule has 0 aliphatic carbocycles. The number of hydrogen-bond acceptors (Lipinski definition) is 3. The Bertz CT molecular complexity index is 664. The zero-order valence-electron chi connectivity index (χ0n) is 11.8. The van der Waals surface area contributed by atoms with Gasteiger partial charge in [-0.2, -0.15) is 0 Å². The smallest absolute Gasteiger partial charge is 0.323 e. The van der Waals surface area contributed by atoms with E-state index in [1.54, 1.807) is 0 Å². The number of carboxylic acids is 1. The van der Waals surface area contributed by atoms with Gasteiger partial charge in [-0.05, 0) is 44.9 Å². The monoisotopic (exact) mass is 273 g/mol. The maximum Gasteiger partial charge on any atom is 0.323 e. The van der Waals surface area contributed by atoms with Crippen LogP contribution in [0.4, 0.5) is 0 Å². The van der Waals surface area contributed by atoms with Crippen molar-refractivity contribution in [1.82, 2.24) is 14.3 Å². The first kappa shape index (κ1) is 13.1. The van der Waals surface area contributed by atoms with Crippen molar-refractivity contribution in [2.75, 3.05) is 6.54 Å². The third-order valence-electron chi connectivity index (χ3n) is 4.33. The molecule has 1 fully saturated rings. The third-order valence-corrected chi connectivity index (χ3v) is 4.33. The summed E-state index contributed by atoms with van der Waals surface area (Å²) in [6.07, 6.45) is 5.59. The highest BCUT2D eigenvalue weighted by atomic mass is 16.4. The lowest BCUT2D eigenvalue weighted by molar-refractivity contribution is -0.148. The molecule has 1 unspecified atom stereocenters. The number of imidazole rings is 1. The van der Waals surface area contributed by atoms with Crippen molar-refractivity contribution < 1.29 is 9.90 Å². The molecule has 1 aliphatic rings. The van der Waals surface area contributed by atoms with Crippen LogP contribution in [0.2, 0.25) is 0 Å². The first-order valence-electron chi connectivity index (χ1n) is 6.92. The molecule has 0 radical (unpaired) electrons. The van der Waals surface area contributed by atoms with E-state index >= 15 is 0 Å². The van der Waals surface area contributed by atoms with Gasteiger partial charge >= 0.3 is 5.97 Å². The molecule has 0 amide bonds. The fourth-order valence-corrected chi connectivity index (χ4v) is 2.99. The highest BCUT2D eigenvalue weighted by Crippen LogP contribution is 2.30. The predicted molar refractivity (Wildman–Crippen MR) is 75.6 cm³/mol. The van der Waals surface area contributed by atoms with Gasteiger partial charge in [0.25, 0.3) is 0 Å². The summed E-state index contributed by atoms with van der Waals surface area (Å²) in [6, 6.07) is 4.02. The fourth-order valence-electron chi connectivity index (χ4n) is 2.99. The lowest BCUT2D eigenvalue weighted by atomic mass is 9.99. The highest BCUT2D eigenvalue weighted by molar-refractivity contribution is 5.78. The molecule has 0 saturated carbocycles. The van der Waals surface area contributed by atoms with Crippen LogP contribution in [0.5, 0.6) is 0 Å². The lowest BCUT2D eigenvalue weighted by Crippen LogP contribution is -2.47. The molecule has 106 valence electrons. The molecule has 0 aromatic carbocycles. The molecule has 1 saturated heterocycles. The summed E-state index contributed by atoms with van der Waals surface area (Å²) < 4.78 is 2.00. The number of carbonyl (C=O) groups is 1. The van der Waals surface area contributed by atoms with Gasteiger partial charge < -0.3 is 9.51 Å². The topological polar surface area (TPSA) is 57.8 Å². The van der Waals surface area contributed by atoms with E-state index in [1.165, 1.54) is 0 Å². The van der Waals surface area contributed by atoms with Crippen molar-refractivity contribution in [1.29, 1.82) is 0 Å². The first-order valence-corrected chi connectivity index (χ1v) is 6.92. The number of hydrogen-bond donors (Lipinski definition) is 1. The van der Waals surface area contributed by atoms with E-state index < -0.39 is 11.5 Å². The number of nitrogens with zero attached hydrogens (tertiary/aromatic N) is 3. The summed E-state index contributed by atoms with van der Waals surface area (Å²) in [4.78, 5) is 18.1. The maximum atomic E-state index is 11.5. The Kier molecular flexibility index (Phi) is 3.01. The summed E-state index contributed by atoms with van der Waals surface area (Å²) >= 11 is 0. The van der Waals surface area contributed by atoms with E-state index in [9.17, 15) is 9.90 Å². The number of pyridine rings is 1. The van der Waals surface area contributed by atoms with E-state index in [0.29, 0.717) is 13.0 Å². The van der Waals surface area contributed by atoms with Gasteiger partial charge in [0.1, 0.15) is 11.2 Å². The summed E-state index contributed by atoms with van der Waals surface area (Å²) in [5, 5.41) is 9.44. The number of aliphatic carboxylic acids is 1. The Morgan fingerprint density at radius 2 is 2.35 bits per heavy atom. The minimum atomic E-state index is -0.759. The van der Waals surface area contributed by atoms with Crippen LogP contribution in [0, 0.1) is 6.92 Å². The van der Waals surface area contributed by atoms with Crippen molar-refractivity contribution in [3.8, 4) is 0 Å². The second-order valence-corrected chi connectivity index (χ2v) is 5.76. The van der Waals surface area contributed by atoms with Gasteiger partial charge in [-0.1, -0.05) is 6.07 Å². The molecule has 1 N–H and O–H groups in total. The molecule has 0 spiro atoms. The summed E-state index contributed by atoms with van der Waals surface area (Å²) in [7, 11) is 0. The molecule has 2 aromatic rings. The van der Waals surface area contributed by atoms with Gasteiger partial charge in [-0.25, -0.2) is 4.98 Å². The zero-order valence-corrected chi connectivity index (χ0v) is 11.8. The van der Waals surface area contributed by atoms with E-state index in [1.807, 2.05) is 47.7 Å². The number of aryl methyl sites for hydroxylation is 1. The number of likely N-dealkylation sites (tertiary alicyclic amines) is 1. The van der Waals surface area contributed by atoms with Crippen molar-refractivity contribution in [2.24, 2.45) is 0 Å². The molecular formula is C15H19N3O2. The molecule has 1 atom stereocenters. The van der Waals surface area contributed by atoms with E-state index in [0.717, 1.165) is 29.9 Å². The van der Waals surface area contributed by atoms with Crippen LogP contribution < -0.4 is 0 Å². The second-order valence-electron chi connectivity index (χ2n) is 5.76. The molecule has 2 aromatic heterocycles. The number of carboxylic acid groups (broad SMARTS) is 1. The van der Waals surface area contributed by atoms with Crippen LogP contribution in [-0.4, -0.2) is 37.4 Å². The Morgan fingerprint density at radius 3 is 3.05 bits per heavy atom. The minimum Gasteiger partial charge on any atom is -0.480 e. The fraction of sp³-hybridized carbons (Fsp3) is 0.467. The molecule has 5 nitrogen and oxygen atoms in total. The van der Waals surface area contributed by atoms with Crippen molar-refractivity contribution >= 4 is 11.6 Å². The Balaban J connectivity index is 1.90. The minimum absolute atomic E-state index is 0.587. The van der Waals surface area contributed by atoms with Crippen molar-refractivity contribution in [3.63, 3.8) is 0 Å². The van der Waals surface area contributed by atoms with Crippen LogP contribution in [-0.2, 0) is 11.3 Å². The third kappa shape index (κ3) is 1.98. The van der Waals surface area contributed by atoms with E-state index in [4.69, 9.17) is 0 Å². The normalized spacial score (nSPS) is 23.5.